The van der Waals surface area contributed by atoms with Gasteiger partial charge < -0.3 is 10.1 Å². The zero-order chi connectivity index (χ0) is 16.2. The van der Waals surface area contributed by atoms with Crippen LogP contribution in [-0.4, -0.2) is 32.8 Å². The molecule has 0 aliphatic rings. The summed E-state index contributed by atoms with van der Waals surface area (Å²) in [6.07, 6.45) is 4.44. The van der Waals surface area contributed by atoms with Crippen molar-refractivity contribution in [3.05, 3.63) is 59.8 Å². The number of nitrogens with zero attached hydrogens (tertiary/aromatic N) is 4. The first-order valence-corrected chi connectivity index (χ1v) is 7.02. The molecular formula is C15H12ClN5O2. The summed E-state index contributed by atoms with van der Waals surface area (Å²) >= 11 is 6.23. The molecule has 3 rings (SSSR count). The highest BCUT2D eigenvalue weighted by molar-refractivity contribution is 6.33. The van der Waals surface area contributed by atoms with Crippen LogP contribution < -0.4 is 10.1 Å². The predicted octanol–water partition coefficient (Wildman–Crippen LogP) is 2.58. The highest BCUT2D eigenvalue weighted by Crippen LogP contribution is 2.28. The Kier molecular flexibility index (Phi) is 4.20. The number of amides is 1. The van der Waals surface area contributed by atoms with E-state index in [9.17, 15) is 4.79 Å². The summed E-state index contributed by atoms with van der Waals surface area (Å²) in [5.74, 6) is -0.118. The Morgan fingerprint density at radius 2 is 2.17 bits per heavy atom. The second-order valence-corrected chi connectivity index (χ2v) is 4.90. The molecule has 3 aromatic rings. The summed E-state index contributed by atoms with van der Waals surface area (Å²) < 4.78 is 6.59. The van der Waals surface area contributed by atoms with E-state index in [0.29, 0.717) is 22.0 Å². The van der Waals surface area contributed by atoms with Crippen molar-refractivity contribution in [2.45, 2.75) is 0 Å². The van der Waals surface area contributed by atoms with Crippen molar-refractivity contribution in [1.82, 2.24) is 19.7 Å². The number of benzene rings is 1. The van der Waals surface area contributed by atoms with Gasteiger partial charge in [-0.1, -0.05) is 17.7 Å². The largest absolute Gasteiger partial charge is 0.480 e. The minimum absolute atomic E-state index is 0.245. The van der Waals surface area contributed by atoms with Gasteiger partial charge in [-0.3, -0.25) is 4.79 Å². The zero-order valence-corrected chi connectivity index (χ0v) is 12.9. The molecule has 0 bridgehead atoms. The number of ether oxygens (including phenoxy) is 1. The molecule has 0 saturated carbocycles. The maximum atomic E-state index is 12.5. The fraction of sp³-hybridized carbons (Fsp3) is 0.0667. The Labute approximate surface area is 136 Å². The first-order valence-electron chi connectivity index (χ1n) is 6.64. The van der Waals surface area contributed by atoms with Crippen LogP contribution in [0.4, 0.5) is 5.69 Å². The highest BCUT2D eigenvalue weighted by atomic mass is 35.5. The molecule has 0 unspecified atom stereocenters. The van der Waals surface area contributed by atoms with E-state index in [-0.39, 0.29) is 11.8 Å². The number of para-hydroxylation sites is 1. The quantitative estimate of drug-likeness (QED) is 0.795. The van der Waals surface area contributed by atoms with Crippen LogP contribution in [-0.2, 0) is 0 Å². The highest BCUT2D eigenvalue weighted by Gasteiger charge is 2.17. The maximum Gasteiger partial charge on any atom is 0.261 e. The number of hydrogen-bond acceptors (Lipinski definition) is 5. The number of rotatable bonds is 4. The summed E-state index contributed by atoms with van der Waals surface area (Å²) in [5, 5.41) is 7.29. The SMILES string of the molecule is COc1ncccc1C(=O)Nc1cccc(Cl)c1-n1cncn1. The van der Waals surface area contributed by atoms with E-state index in [2.05, 4.69) is 20.4 Å². The van der Waals surface area contributed by atoms with Crippen molar-refractivity contribution >= 4 is 23.2 Å². The van der Waals surface area contributed by atoms with Gasteiger partial charge in [0.1, 0.15) is 23.9 Å². The van der Waals surface area contributed by atoms with Crippen LogP contribution in [0.25, 0.3) is 5.69 Å². The van der Waals surface area contributed by atoms with Crippen LogP contribution in [0.15, 0.2) is 49.2 Å². The van der Waals surface area contributed by atoms with Crippen LogP contribution in [0.3, 0.4) is 0 Å². The average molecular weight is 330 g/mol. The third kappa shape index (κ3) is 3.00. The molecule has 0 aliphatic carbocycles. The normalized spacial score (nSPS) is 10.3. The number of hydrogen-bond donors (Lipinski definition) is 1. The molecule has 116 valence electrons. The first kappa shape index (κ1) is 15.0. The fourth-order valence-electron chi connectivity index (χ4n) is 2.09. The fourth-order valence-corrected chi connectivity index (χ4v) is 2.35. The molecule has 0 saturated heterocycles. The molecule has 1 N–H and O–H groups in total. The van der Waals surface area contributed by atoms with E-state index in [1.165, 1.54) is 24.4 Å². The van der Waals surface area contributed by atoms with Gasteiger partial charge in [0.05, 0.1) is 17.8 Å². The molecule has 2 heterocycles. The summed E-state index contributed by atoms with van der Waals surface area (Å²) in [5.41, 5.74) is 1.35. The van der Waals surface area contributed by atoms with E-state index >= 15 is 0 Å². The molecule has 8 heteroatoms. The van der Waals surface area contributed by atoms with Gasteiger partial charge in [0, 0.05) is 6.20 Å². The third-order valence-corrected chi connectivity index (χ3v) is 3.40. The van der Waals surface area contributed by atoms with Gasteiger partial charge in [0.2, 0.25) is 5.88 Å². The van der Waals surface area contributed by atoms with Gasteiger partial charge >= 0.3 is 0 Å². The number of nitrogens with one attached hydrogen (secondary N) is 1. The maximum absolute atomic E-state index is 12.5. The van der Waals surface area contributed by atoms with E-state index in [0.717, 1.165) is 0 Å². The Morgan fingerprint density at radius 3 is 2.91 bits per heavy atom. The molecule has 1 amide bonds. The average Bonchev–Trinajstić information content (AvgIpc) is 3.09. The predicted molar refractivity (Wildman–Crippen MR) is 85.1 cm³/mol. The lowest BCUT2D eigenvalue weighted by Gasteiger charge is -2.13. The van der Waals surface area contributed by atoms with Gasteiger partial charge in [-0.15, -0.1) is 0 Å². The number of carbonyl (C=O) groups excluding carboxylic acids is 1. The lowest BCUT2D eigenvalue weighted by Crippen LogP contribution is -2.15. The Bertz CT molecular complexity index is 836. The van der Waals surface area contributed by atoms with E-state index in [1.54, 1.807) is 36.5 Å². The van der Waals surface area contributed by atoms with Gasteiger partial charge in [0.25, 0.3) is 5.91 Å². The molecule has 7 nitrogen and oxygen atoms in total. The molecular weight excluding hydrogens is 318 g/mol. The van der Waals surface area contributed by atoms with Crippen molar-refractivity contribution < 1.29 is 9.53 Å². The van der Waals surface area contributed by atoms with Gasteiger partial charge in [-0.05, 0) is 24.3 Å². The number of anilines is 1. The lowest BCUT2D eigenvalue weighted by molar-refractivity contribution is 0.102. The minimum atomic E-state index is -0.362. The van der Waals surface area contributed by atoms with Crippen LogP contribution in [0, 0.1) is 0 Å². The van der Waals surface area contributed by atoms with Crippen LogP contribution in [0.1, 0.15) is 10.4 Å². The molecule has 2 aromatic heterocycles. The van der Waals surface area contributed by atoms with E-state index in [1.807, 2.05) is 0 Å². The van der Waals surface area contributed by atoms with E-state index < -0.39 is 0 Å². The molecule has 0 radical (unpaired) electrons. The Balaban J connectivity index is 1.98. The molecule has 0 atom stereocenters. The number of pyridine rings is 1. The monoisotopic (exact) mass is 329 g/mol. The standard InChI is InChI=1S/C15H12ClN5O2/c1-23-15-10(4-3-7-18-15)14(22)20-12-6-2-5-11(16)13(12)21-9-17-8-19-21/h2-9H,1H3,(H,20,22). The first-order chi connectivity index (χ1) is 11.2. The number of methoxy groups -OCH3 is 1. The number of halogens is 1. The summed E-state index contributed by atoms with van der Waals surface area (Å²) in [6, 6.07) is 8.45. The molecule has 0 aliphatic heterocycles. The zero-order valence-electron chi connectivity index (χ0n) is 12.1. The Hall–Kier alpha value is -2.93. The summed E-state index contributed by atoms with van der Waals surface area (Å²) in [6.45, 7) is 0. The second-order valence-electron chi connectivity index (χ2n) is 4.49. The van der Waals surface area contributed by atoms with Crippen molar-refractivity contribution in [2.75, 3.05) is 12.4 Å². The van der Waals surface area contributed by atoms with Gasteiger partial charge in [-0.2, -0.15) is 5.10 Å². The van der Waals surface area contributed by atoms with E-state index in [4.69, 9.17) is 16.3 Å². The minimum Gasteiger partial charge on any atom is -0.480 e. The van der Waals surface area contributed by atoms with Crippen molar-refractivity contribution in [2.24, 2.45) is 0 Å². The number of carbonyl (C=O) groups is 1. The lowest BCUT2D eigenvalue weighted by atomic mass is 10.2. The molecule has 0 fully saturated rings. The van der Waals surface area contributed by atoms with Crippen molar-refractivity contribution in [1.29, 1.82) is 0 Å². The summed E-state index contributed by atoms with van der Waals surface area (Å²) in [4.78, 5) is 20.4. The van der Waals surface area contributed by atoms with Crippen LogP contribution in [0.5, 0.6) is 5.88 Å². The van der Waals surface area contributed by atoms with Gasteiger partial charge in [-0.25, -0.2) is 14.6 Å². The van der Waals surface area contributed by atoms with Gasteiger partial charge in [0.15, 0.2) is 0 Å². The third-order valence-electron chi connectivity index (χ3n) is 3.09. The van der Waals surface area contributed by atoms with Crippen molar-refractivity contribution in [3.63, 3.8) is 0 Å². The topological polar surface area (TPSA) is 81.9 Å². The molecule has 0 spiro atoms. The molecule has 23 heavy (non-hydrogen) atoms. The van der Waals surface area contributed by atoms with Crippen LogP contribution in [0.2, 0.25) is 5.02 Å². The van der Waals surface area contributed by atoms with Crippen LogP contribution >= 0.6 is 11.6 Å². The second kappa shape index (κ2) is 6.45. The molecule has 1 aromatic carbocycles. The van der Waals surface area contributed by atoms with Crippen molar-refractivity contribution in [3.8, 4) is 11.6 Å². The number of aromatic nitrogens is 4. The smallest absolute Gasteiger partial charge is 0.261 e. The summed E-state index contributed by atoms with van der Waals surface area (Å²) in [7, 11) is 1.46. The Morgan fingerprint density at radius 1 is 1.30 bits per heavy atom.